The van der Waals surface area contributed by atoms with Gasteiger partial charge in [0.25, 0.3) is 0 Å². The molecule has 98 valence electrons. The zero-order valence-electron chi connectivity index (χ0n) is 10.9. The Balaban J connectivity index is 1.88. The van der Waals surface area contributed by atoms with Crippen molar-refractivity contribution in [3.63, 3.8) is 0 Å². The first-order chi connectivity index (χ1) is 9.33. The Morgan fingerprint density at radius 3 is 2.89 bits per heavy atom. The molecule has 19 heavy (non-hydrogen) atoms. The number of benzene rings is 2. The van der Waals surface area contributed by atoms with Gasteiger partial charge in [0, 0.05) is 18.8 Å². The number of ether oxygens (including phenoxy) is 1. The fraction of sp³-hybridized carbons (Fsp3) is 0.250. The van der Waals surface area contributed by atoms with Crippen LogP contribution in [-0.2, 0) is 6.54 Å². The predicted molar refractivity (Wildman–Crippen MR) is 78.5 cm³/mol. The minimum Gasteiger partial charge on any atom is -0.491 e. The minimum absolute atomic E-state index is 0.782. The van der Waals surface area contributed by atoms with Gasteiger partial charge in [0.1, 0.15) is 5.75 Å². The summed E-state index contributed by atoms with van der Waals surface area (Å²) >= 11 is 0. The molecule has 0 unspecified atom stereocenters. The molecule has 1 aliphatic heterocycles. The summed E-state index contributed by atoms with van der Waals surface area (Å²) in [7, 11) is 0. The van der Waals surface area contributed by atoms with Gasteiger partial charge in [-0.1, -0.05) is 24.3 Å². The van der Waals surface area contributed by atoms with E-state index in [0.29, 0.717) is 0 Å². The van der Waals surface area contributed by atoms with Crippen molar-refractivity contribution in [2.45, 2.75) is 13.0 Å². The molecule has 0 spiro atoms. The van der Waals surface area contributed by atoms with Gasteiger partial charge in [-0.3, -0.25) is 0 Å². The largest absolute Gasteiger partial charge is 0.491 e. The first kappa shape index (κ1) is 11.9. The molecule has 0 saturated heterocycles. The molecule has 3 rings (SSSR count). The van der Waals surface area contributed by atoms with Crippen LogP contribution < -0.4 is 15.4 Å². The molecular weight excluding hydrogens is 236 g/mol. The molecule has 1 aliphatic rings. The second-order valence-electron chi connectivity index (χ2n) is 4.84. The van der Waals surface area contributed by atoms with E-state index >= 15 is 0 Å². The monoisotopic (exact) mass is 254 g/mol. The lowest BCUT2D eigenvalue weighted by Gasteiger charge is -2.24. The summed E-state index contributed by atoms with van der Waals surface area (Å²) in [6, 6.07) is 16.3. The van der Waals surface area contributed by atoms with E-state index in [2.05, 4.69) is 23.1 Å². The zero-order chi connectivity index (χ0) is 13.1. The molecule has 0 fully saturated rings. The highest BCUT2D eigenvalue weighted by atomic mass is 16.5. The van der Waals surface area contributed by atoms with E-state index in [0.717, 1.165) is 37.6 Å². The molecule has 2 N–H and O–H groups in total. The smallest absolute Gasteiger partial charge is 0.142 e. The van der Waals surface area contributed by atoms with Crippen LogP contribution in [0.15, 0.2) is 48.5 Å². The SMILES string of the molecule is Nc1cccc(CN2CCCOc3ccccc32)c1. The van der Waals surface area contributed by atoms with Crippen molar-refractivity contribution in [3.05, 3.63) is 54.1 Å². The number of nitrogens with two attached hydrogens (primary N) is 1. The van der Waals surface area contributed by atoms with E-state index in [1.54, 1.807) is 0 Å². The van der Waals surface area contributed by atoms with Crippen LogP contribution in [0.1, 0.15) is 12.0 Å². The number of fused-ring (bicyclic) bond motifs is 1. The van der Waals surface area contributed by atoms with Gasteiger partial charge in [-0.2, -0.15) is 0 Å². The molecule has 2 aromatic rings. The fourth-order valence-electron chi connectivity index (χ4n) is 2.47. The average Bonchev–Trinajstić information content (AvgIpc) is 2.62. The van der Waals surface area contributed by atoms with Crippen LogP contribution >= 0.6 is 0 Å². The number of anilines is 2. The van der Waals surface area contributed by atoms with E-state index in [-0.39, 0.29) is 0 Å². The predicted octanol–water partition coefficient (Wildman–Crippen LogP) is 3.06. The summed E-state index contributed by atoms with van der Waals surface area (Å²) < 4.78 is 5.77. The van der Waals surface area contributed by atoms with Crippen LogP contribution in [0.4, 0.5) is 11.4 Å². The van der Waals surface area contributed by atoms with Crippen molar-refractivity contribution in [1.82, 2.24) is 0 Å². The average molecular weight is 254 g/mol. The van der Waals surface area contributed by atoms with Crippen LogP contribution in [0.3, 0.4) is 0 Å². The minimum atomic E-state index is 0.782. The molecule has 0 radical (unpaired) electrons. The highest BCUT2D eigenvalue weighted by Gasteiger charge is 2.15. The topological polar surface area (TPSA) is 38.5 Å². The molecule has 2 aromatic carbocycles. The van der Waals surface area contributed by atoms with Gasteiger partial charge in [0.05, 0.1) is 12.3 Å². The van der Waals surface area contributed by atoms with Gasteiger partial charge in [-0.25, -0.2) is 0 Å². The molecule has 3 nitrogen and oxygen atoms in total. The second-order valence-corrected chi connectivity index (χ2v) is 4.84. The number of nitrogens with zero attached hydrogens (tertiary/aromatic N) is 1. The number of hydrogen-bond acceptors (Lipinski definition) is 3. The summed E-state index contributed by atoms with van der Waals surface area (Å²) in [5.41, 5.74) is 9.06. The first-order valence-electron chi connectivity index (χ1n) is 6.64. The molecule has 3 heteroatoms. The van der Waals surface area contributed by atoms with Gasteiger partial charge < -0.3 is 15.4 Å². The molecule has 0 amide bonds. The van der Waals surface area contributed by atoms with E-state index in [1.165, 1.54) is 11.3 Å². The summed E-state index contributed by atoms with van der Waals surface area (Å²) in [6.45, 7) is 2.65. The normalized spacial score (nSPS) is 14.4. The van der Waals surface area contributed by atoms with Crippen molar-refractivity contribution in [1.29, 1.82) is 0 Å². The van der Waals surface area contributed by atoms with E-state index < -0.39 is 0 Å². The highest BCUT2D eigenvalue weighted by molar-refractivity contribution is 5.59. The summed E-state index contributed by atoms with van der Waals surface area (Å²) in [5.74, 6) is 0.976. The Labute approximate surface area is 113 Å². The maximum absolute atomic E-state index is 5.85. The molecule has 0 saturated carbocycles. The van der Waals surface area contributed by atoms with Crippen LogP contribution in [0.25, 0.3) is 0 Å². The first-order valence-corrected chi connectivity index (χ1v) is 6.64. The van der Waals surface area contributed by atoms with Crippen molar-refractivity contribution < 1.29 is 4.74 Å². The van der Waals surface area contributed by atoms with E-state index in [1.807, 2.05) is 30.3 Å². The van der Waals surface area contributed by atoms with Gasteiger partial charge in [-0.05, 0) is 36.2 Å². The molecule has 0 atom stereocenters. The summed E-state index contributed by atoms with van der Waals surface area (Å²) in [4.78, 5) is 2.36. The lowest BCUT2D eigenvalue weighted by Crippen LogP contribution is -2.23. The van der Waals surface area contributed by atoms with Crippen LogP contribution in [-0.4, -0.2) is 13.2 Å². The Hall–Kier alpha value is -2.16. The summed E-state index contributed by atoms with van der Waals surface area (Å²) in [6.07, 6.45) is 1.04. The molecule has 0 aromatic heterocycles. The quantitative estimate of drug-likeness (QED) is 0.837. The number of hydrogen-bond donors (Lipinski definition) is 1. The number of rotatable bonds is 2. The van der Waals surface area contributed by atoms with Crippen molar-refractivity contribution in [2.75, 3.05) is 23.8 Å². The fourth-order valence-corrected chi connectivity index (χ4v) is 2.47. The lowest BCUT2D eigenvalue weighted by atomic mass is 10.1. The van der Waals surface area contributed by atoms with E-state index in [9.17, 15) is 0 Å². The number of nitrogen functional groups attached to an aromatic ring is 1. The van der Waals surface area contributed by atoms with Gasteiger partial charge in [-0.15, -0.1) is 0 Å². The molecule has 0 bridgehead atoms. The van der Waals surface area contributed by atoms with Crippen molar-refractivity contribution in [3.8, 4) is 5.75 Å². The molecule has 1 heterocycles. The van der Waals surface area contributed by atoms with Gasteiger partial charge in [0.2, 0.25) is 0 Å². The molecule has 0 aliphatic carbocycles. The van der Waals surface area contributed by atoms with Crippen molar-refractivity contribution in [2.24, 2.45) is 0 Å². The van der Waals surface area contributed by atoms with Crippen molar-refractivity contribution >= 4 is 11.4 Å². The number of para-hydroxylation sites is 2. The maximum Gasteiger partial charge on any atom is 0.142 e. The van der Waals surface area contributed by atoms with E-state index in [4.69, 9.17) is 10.5 Å². The second kappa shape index (κ2) is 5.22. The van der Waals surface area contributed by atoms with Crippen LogP contribution in [0, 0.1) is 0 Å². The third kappa shape index (κ3) is 2.65. The third-order valence-electron chi connectivity index (χ3n) is 3.36. The highest BCUT2D eigenvalue weighted by Crippen LogP contribution is 2.31. The van der Waals surface area contributed by atoms with Crippen LogP contribution in [0.2, 0.25) is 0 Å². The Bertz CT molecular complexity index is 568. The molecular formula is C16H18N2O. The maximum atomic E-state index is 5.85. The Morgan fingerprint density at radius 2 is 2.00 bits per heavy atom. The Kier molecular flexibility index (Phi) is 3.27. The Morgan fingerprint density at radius 1 is 1.11 bits per heavy atom. The van der Waals surface area contributed by atoms with Gasteiger partial charge in [0.15, 0.2) is 0 Å². The third-order valence-corrected chi connectivity index (χ3v) is 3.36. The summed E-state index contributed by atoms with van der Waals surface area (Å²) in [5, 5.41) is 0. The van der Waals surface area contributed by atoms with Crippen LogP contribution in [0.5, 0.6) is 5.75 Å². The van der Waals surface area contributed by atoms with Gasteiger partial charge >= 0.3 is 0 Å². The zero-order valence-corrected chi connectivity index (χ0v) is 10.9. The lowest BCUT2D eigenvalue weighted by molar-refractivity contribution is 0.322. The standard InChI is InChI=1S/C16H18N2O/c17-14-6-3-5-13(11-14)12-18-9-4-10-19-16-8-2-1-7-15(16)18/h1-3,5-8,11H,4,9-10,12,17H2.